The fourth-order valence-electron chi connectivity index (χ4n) is 2.04. The van der Waals surface area contributed by atoms with Crippen molar-refractivity contribution in [1.82, 2.24) is 5.32 Å². The summed E-state index contributed by atoms with van der Waals surface area (Å²) in [6, 6.07) is 0. The number of carboxylic acid groups (broad SMARTS) is 1. The lowest BCUT2D eigenvalue weighted by Crippen LogP contribution is -2.32. The van der Waals surface area contributed by atoms with Gasteiger partial charge >= 0.3 is 5.97 Å². The molecule has 92 valence electrons. The molecule has 0 spiro atoms. The van der Waals surface area contributed by atoms with Gasteiger partial charge in [0.2, 0.25) is 5.91 Å². The van der Waals surface area contributed by atoms with Crippen molar-refractivity contribution in [3.05, 3.63) is 0 Å². The van der Waals surface area contributed by atoms with Crippen molar-refractivity contribution < 1.29 is 19.8 Å². The van der Waals surface area contributed by atoms with Crippen molar-refractivity contribution in [3.63, 3.8) is 0 Å². The lowest BCUT2D eigenvalue weighted by molar-refractivity contribution is -0.140. The molecule has 1 saturated carbocycles. The van der Waals surface area contributed by atoms with Crippen LogP contribution in [0.1, 0.15) is 20.8 Å². The van der Waals surface area contributed by atoms with Crippen LogP contribution in [0, 0.1) is 23.2 Å². The zero-order valence-electron chi connectivity index (χ0n) is 9.86. The zero-order valence-corrected chi connectivity index (χ0v) is 9.86. The molecule has 1 fully saturated rings. The predicted molar refractivity (Wildman–Crippen MR) is 57.7 cm³/mol. The summed E-state index contributed by atoms with van der Waals surface area (Å²) in [5.41, 5.74) is -0.460. The van der Waals surface area contributed by atoms with Crippen molar-refractivity contribution in [2.45, 2.75) is 20.8 Å². The number of carbonyl (C=O) groups is 2. The average Bonchev–Trinajstić information content (AvgIpc) is 2.77. The lowest BCUT2D eigenvalue weighted by atomic mass is 10.1. The maximum atomic E-state index is 11.7. The van der Waals surface area contributed by atoms with E-state index in [1.54, 1.807) is 13.8 Å². The van der Waals surface area contributed by atoms with Crippen molar-refractivity contribution in [2.24, 2.45) is 23.2 Å². The van der Waals surface area contributed by atoms with Gasteiger partial charge in [-0.05, 0) is 11.3 Å². The van der Waals surface area contributed by atoms with Gasteiger partial charge in [0.15, 0.2) is 0 Å². The highest BCUT2D eigenvalue weighted by atomic mass is 16.4. The largest absolute Gasteiger partial charge is 0.481 e. The van der Waals surface area contributed by atoms with Gasteiger partial charge in [-0.15, -0.1) is 0 Å². The van der Waals surface area contributed by atoms with Gasteiger partial charge in [0.25, 0.3) is 0 Å². The van der Waals surface area contributed by atoms with E-state index in [2.05, 4.69) is 5.32 Å². The quantitative estimate of drug-likeness (QED) is 0.623. The third-order valence-corrected chi connectivity index (χ3v) is 3.31. The molecule has 0 heterocycles. The minimum absolute atomic E-state index is 0.00547. The minimum Gasteiger partial charge on any atom is -0.481 e. The normalized spacial score (nSPS) is 28.2. The molecule has 5 nitrogen and oxygen atoms in total. The monoisotopic (exact) mass is 229 g/mol. The molecule has 3 unspecified atom stereocenters. The average molecular weight is 229 g/mol. The molecule has 1 rings (SSSR count). The van der Waals surface area contributed by atoms with Crippen LogP contribution in [0.3, 0.4) is 0 Å². The molecule has 3 atom stereocenters. The first-order valence-corrected chi connectivity index (χ1v) is 5.43. The van der Waals surface area contributed by atoms with E-state index in [9.17, 15) is 9.59 Å². The summed E-state index contributed by atoms with van der Waals surface area (Å²) in [4.78, 5) is 22.6. The number of nitrogens with one attached hydrogen (secondary N) is 1. The van der Waals surface area contributed by atoms with Gasteiger partial charge in [-0.3, -0.25) is 9.59 Å². The highest BCUT2D eigenvalue weighted by molar-refractivity contribution is 5.91. The maximum absolute atomic E-state index is 11.7. The Kier molecular flexibility index (Phi) is 3.57. The number of carbonyl (C=O) groups excluding carboxylic acids is 1. The Morgan fingerprint density at radius 3 is 2.31 bits per heavy atom. The van der Waals surface area contributed by atoms with E-state index in [4.69, 9.17) is 10.2 Å². The molecule has 3 N–H and O–H groups in total. The van der Waals surface area contributed by atoms with E-state index in [1.807, 2.05) is 6.92 Å². The number of hydrogen-bond donors (Lipinski definition) is 3. The number of aliphatic carboxylic acids is 1. The van der Waals surface area contributed by atoms with Crippen LogP contribution in [0.15, 0.2) is 0 Å². The third-order valence-electron chi connectivity index (χ3n) is 3.31. The number of hydrogen-bond acceptors (Lipinski definition) is 3. The SMILES string of the molecule is CC(CO)CNC(=O)C1C(C(=O)O)C1(C)C. The molecule has 0 saturated heterocycles. The molecule has 0 aliphatic heterocycles. The fourth-order valence-corrected chi connectivity index (χ4v) is 2.04. The van der Waals surface area contributed by atoms with E-state index in [0.717, 1.165) is 0 Å². The smallest absolute Gasteiger partial charge is 0.307 e. The summed E-state index contributed by atoms with van der Waals surface area (Å²) in [6.45, 7) is 5.77. The summed E-state index contributed by atoms with van der Waals surface area (Å²) in [6.07, 6.45) is 0. The minimum atomic E-state index is -0.916. The van der Waals surface area contributed by atoms with Gasteiger partial charge in [0, 0.05) is 13.2 Å². The van der Waals surface area contributed by atoms with Gasteiger partial charge in [0.05, 0.1) is 11.8 Å². The molecular formula is C11H19NO4. The molecule has 1 aliphatic carbocycles. The number of carboxylic acids is 1. The van der Waals surface area contributed by atoms with E-state index < -0.39 is 23.2 Å². The van der Waals surface area contributed by atoms with E-state index in [0.29, 0.717) is 6.54 Å². The third kappa shape index (κ3) is 2.35. The molecule has 5 heteroatoms. The second-order valence-electron chi connectivity index (χ2n) is 5.15. The van der Waals surface area contributed by atoms with Crippen molar-refractivity contribution >= 4 is 11.9 Å². The Bertz CT molecular complexity index is 300. The molecular weight excluding hydrogens is 210 g/mol. The summed E-state index contributed by atoms with van der Waals surface area (Å²) in [5.74, 6) is -2.18. The van der Waals surface area contributed by atoms with Crippen LogP contribution in [0.2, 0.25) is 0 Å². The Balaban J connectivity index is 2.48. The van der Waals surface area contributed by atoms with Gasteiger partial charge in [-0.2, -0.15) is 0 Å². The molecule has 1 amide bonds. The van der Waals surface area contributed by atoms with Crippen molar-refractivity contribution in [1.29, 1.82) is 0 Å². The van der Waals surface area contributed by atoms with Crippen molar-refractivity contribution in [2.75, 3.05) is 13.2 Å². The molecule has 1 aliphatic rings. The highest BCUT2D eigenvalue weighted by Gasteiger charge is 2.65. The van der Waals surface area contributed by atoms with Gasteiger partial charge in [-0.1, -0.05) is 20.8 Å². The van der Waals surface area contributed by atoms with Crippen LogP contribution < -0.4 is 5.32 Å². The van der Waals surface area contributed by atoms with Crippen LogP contribution in [0.4, 0.5) is 0 Å². The Morgan fingerprint density at radius 1 is 1.38 bits per heavy atom. The first kappa shape index (κ1) is 13.0. The van der Waals surface area contributed by atoms with E-state index >= 15 is 0 Å². The Labute approximate surface area is 94.8 Å². The summed E-state index contributed by atoms with van der Waals surface area (Å²) >= 11 is 0. The molecule has 0 aromatic carbocycles. The van der Waals surface area contributed by atoms with Crippen LogP contribution >= 0.6 is 0 Å². The predicted octanol–water partition coefficient (Wildman–Crippen LogP) is 0.0878. The second kappa shape index (κ2) is 4.41. The number of rotatable bonds is 5. The fraction of sp³-hybridized carbons (Fsp3) is 0.818. The highest BCUT2D eigenvalue weighted by Crippen LogP contribution is 2.58. The van der Waals surface area contributed by atoms with Crippen LogP contribution in [-0.4, -0.2) is 35.2 Å². The molecule has 0 radical (unpaired) electrons. The number of aliphatic hydroxyl groups is 1. The number of aliphatic hydroxyl groups excluding tert-OH is 1. The Morgan fingerprint density at radius 2 is 1.94 bits per heavy atom. The molecule has 0 aromatic heterocycles. The van der Waals surface area contributed by atoms with Crippen LogP contribution in [-0.2, 0) is 9.59 Å². The maximum Gasteiger partial charge on any atom is 0.307 e. The number of amides is 1. The lowest BCUT2D eigenvalue weighted by Gasteiger charge is -2.09. The van der Waals surface area contributed by atoms with Crippen molar-refractivity contribution in [3.8, 4) is 0 Å². The van der Waals surface area contributed by atoms with Crippen LogP contribution in [0.5, 0.6) is 0 Å². The first-order chi connectivity index (χ1) is 7.32. The summed E-state index contributed by atoms with van der Waals surface area (Å²) in [5, 5.41) is 20.4. The zero-order chi connectivity index (χ0) is 12.5. The first-order valence-electron chi connectivity index (χ1n) is 5.43. The summed E-state index contributed by atoms with van der Waals surface area (Å²) < 4.78 is 0. The molecule has 16 heavy (non-hydrogen) atoms. The van der Waals surface area contributed by atoms with Crippen LogP contribution in [0.25, 0.3) is 0 Å². The van der Waals surface area contributed by atoms with Gasteiger partial charge in [-0.25, -0.2) is 0 Å². The Hall–Kier alpha value is -1.10. The molecule has 0 bridgehead atoms. The topological polar surface area (TPSA) is 86.6 Å². The molecule has 0 aromatic rings. The standard InChI is InChI=1S/C11H19NO4/c1-6(5-13)4-12-9(14)7-8(10(15)16)11(7,2)3/h6-8,13H,4-5H2,1-3H3,(H,12,14)(H,15,16). The van der Waals surface area contributed by atoms with E-state index in [1.165, 1.54) is 0 Å². The van der Waals surface area contributed by atoms with Gasteiger partial charge in [0.1, 0.15) is 0 Å². The summed E-state index contributed by atoms with van der Waals surface area (Å²) in [7, 11) is 0. The van der Waals surface area contributed by atoms with Gasteiger partial charge < -0.3 is 15.5 Å². The van der Waals surface area contributed by atoms with E-state index in [-0.39, 0.29) is 18.4 Å². The second-order valence-corrected chi connectivity index (χ2v) is 5.15.